The molecule has 0 unspecified atom stereocenters. The maximum Gasteiger partial charge on any atom is 0.276 e. The average Bonchev–Trinajstić information content (AvgIpc) is 2.72. The van der Waals surface area contributed by atoms with Crippen molar-refractivity contribution in [1.82, 2.24) is 15.1 Å². The summed E-state index contributed by atoms with van der Waals surface area (Å²) in [4.78, 5) is 38.0. The predicted molar refractivity (Wildman–Crippen MR) is 112 cm³/mol. The van der Waals surface area contributed by atoms with Crippen molar-refractivity contribution < 1.29 is 9.59 Å². The van der Waals surface area contributed by atoms with Gasteiger partial charge in [-0.1, -0.05) is 36.3 Å². The molecule has 0 saturated heterocycles. The first-order valence-corrected chi connectivity index (χ1v) is 9.07. The van der Waals surface area contributed by atoms with E-state index < -0.39 is 11.8 Å². The van der Waals surface area contributed by atoms with Crippen molar-refractivity contribution in [3.63, 3.8) is 0 Å². The van der Waals surface area contributed by atoms with Crippen LogP contribution < -0.4 is 16.2 Å². The summed E-state index contributed by atoms with van der Waals surface area (Å²) in [6, 6.07) is 13.2. The molecule has 0 atom stereocenters. The van der Waals surface area contributed by atoms with Crippen LogP contribution in [-0.2, 0) is 0 Å². The second kappa shape index (κ2) is 8.40. The van der Waals surface area contributed by atoms with Gasteiger partial charge in [0.05, 0.1) is 29.2 Å². The molecule has 0 spiro atoms. The lowest BCUT2D eigenvalue weighted by Crippen LogP contribution is -2.29. The largest absolute Gasteiger partial charge is 0.341 e. The highest BCUT2D eigenvalue weighted by atomic mass is 16.2. The quantitative estimate of drug-likeness (QED) is 0.657. The molecule has 0 aliphatic rings. The van der Waals surface area contributed by atoms with E-state index in [9.17, 15) is 14.4 Å². The summed E-state index contributed by atoms with van der Waals surface area (Å²) in [7, 11) is 0. The molecule has 146 valence electrons. The zero-order valence-electron chi connectivity index (χ0n) is 16.1. The Morgan fingerprint density at radius 3 is 2.41 bits per heavy atom. The molecule has 0 bridgehead atoms. The van der Waals surface area contributed by atoms with Crippen molar-refractivity contribution in [1.29, 1.82) is 0 Å². The minimum Gasteiger partial charge on any atom is -0.341 e. The Kier molecular flexibility index (Phi) is 5.74. The van der Waals surface area contributed by atoms with Crippen molar-refractivity contribution in [2.75, 3.05) is 11.9 Å². The van der Waals surface area contributed by atoms with Crippen LogP contribution >= 0.6 is 0 Å². The van der Waals surface area contributed by atoms with Gasteiger partial charge in [-0.15, -0.1) is 6.42 Å². The Balaban J connectivity index is 2.04. The molecular weight excluding hydrogens is 368 g/mol. The van der Waals surface area contributed by atoms with Gasteiger partial charge in [-0.05, 0) is 32.0 Å². The number of terminal acetylenes is 1. The minimum atomic E-state index is -0.521. The van der Waals surface area contributed by atoms with Crippen LogP contribution in [0.2, 0.25) is 0 Å². The number of hydrogen-bond acceptors (Lipinski definition) is 4. The maximum absolute atomic E-state index is 13.1. The van der Waals surface area contributed by atoms with Crippen molar-refractivity contribution in [2.24, 2.45) is 0 Å². The number of aromatic nitrogens is 2. The summed E-state index contributed by atoms with van der Waals surface area (Å²) in [5.74, 6) is 1.42. The highest BCUT2D eigenvalue weighted by Gasteiger charge is 2.20. The second-order valence-corrected chi connectivity index (χ2v) is 6.62. The van der Waals surface area contributed by atoms with E-state index in [-0.39, 0.29) is 29.4 Å². The molecule has 7 nitrogen and oxygen atoms in total. The van der Waals surface area contributed by atoms with Gasteiger partial charge in [-0.3, -0.25) is 14.4 Å². The number of fused-ring (bicyclic) bond motifs is 1. The highest BCUT2D eigenvalue weighted by molar-refractivity contribution is 6.13. The number of carbonyl (C=O) groups is 2. The van der Waals surface area contributed by atoms with E-state index in [1.165, 1.54) is 4.68 Å². The van der Waals surface area contributed by atoms with Crippen LogP contribution in [0.15, 0.2) is 53.3 Å². The molecule has 2 N–H and O–H groups in total. The number of rotatable bonds is 5. The molecule has 0 radical (unpaired) electrons. The first-order valence-electron chi connectivity index (χ1n) is 9.07. The van der Waals surface area contributed by atoms with E-state index in [0.717, 1.165) is 0 Å². The van der Waals surface area contributed by atoms with Gasteiger partial charge in [0.15, 0.2) is 5.69 Å². The third kappa shape index (κ3) is 4.01. The minimum absolute atomic E-state index is 0.0760. The molecule has 1 aromatic heterocycles. The van der Waals surface area contributed by atoms with Crippen LogP contribution in [0.5, 0.6) is 0 Å². The fourth-order valence-electron chi connectivity index (χ4n) is 2.92. The third-order valence-electron chi connectivity index (χ3n) is 4.30. The number of benzene rings is 2. The average molecular weight is 388 g/mol. The summed E-state index contributed by atoms with van der Waals surface area (Å²) in [6.45, 7) is 3.71. The summed E-state index contributed by atoms with van der Waals surface area (Å²) in [5.41, 5.74) is 0.437. The topological polar surface area (TPSA) is 93.1 Å². The van der Waals surface area contributed by atoms with Crippen LogP contribution in [0, 0.1) is 12.3 Å². The molecule has 29 heavy (non-hydrogen) atoms. The molecule has 7 heteroatoms. The molecule has 2 aromatic carbocycles. The van der Waals surface area contributed by atoms with E-state index in [1.54, 1.807) is 48.5 Å². The molecule has 3 rings (SSSR count). The smallest absolute Gasteiger partial charge is 0.276 e. The molecule has 0 aliphatic heterocycles. The standard InChI is InChI=1S/C22H20N4O3/c1-4-13-23-20(27)17-11-7-8-12-18(17)24-21(28)19-15-9-5-6-10-16(15)22(29)26(25-19)14(2)3/h1,5-12,14H,13H2,2-3H3,(H,23,27)(H,24,28). The first-order chi connectivity index (χ1) is 13.9. The van der Waals surface area contributed by atoms with Gasteiger partial charge in [0, 0.05) is 5.39 Å². The van der Waals surface area contributed by atoms with Crippen LogP contribution in [0.25, 0.3) is 10.8 Å². The monoisotopic (exact) mass is 388 g/mol. The predicted octanol–water partition coefficient (Wildman–Crippen LogP) is 2.59. The Morgan fingerprint density at radius 1 is 1.07 bits per heavy atom. The second-order valence-electron chi connectivity index (χ2n) is 6.62. The molecular formula is C22H20N4O3. The van der Waals surface area contributed by atoms with E-state index in [0.29, 0.717) is 16.5 Å². The number of anilines is 1. The Bertz CT molecular complexity index is 1190. The summed E-state index contributed by atoms with van der Waals surface area (Å²) in [6.07, 6.45) is 5.18. The van der Waals surface area contributed by atoms with Gasteiger partial charge in [-0.2, -0.15) is 5.10 Å². The number of para-hydroxylation sites is 1. The number of nitrogens with zero attached hydrogens (tertiary/aromatic N) is 2. The van der Waals surface area contributed by atoms with Crippen molar-refractivity contribution in [3.8, 4) is 12.3 Å². The Labute approximate surface area is 167 Å². The van der Waals surface area contributed by atoms with Gasteiger partial charge in [0.25, 0.3) is 17.4 Å². The lowest BCUT2D eigenvalue weighted by atomic mass is 10.1. The molecule has 0 saturated carbocycles. The Hall–Kier alpha value is -3.92. The van der Waals surface area contributed by atoms with Gasteiger partial charge >= 0.3 is 0 Å². The summed E-state index contributed by atoms with van der Waals surface area (Å²) >= 11 is 0. The molecule has 0 aliphatic carbocycles. The molecule has 0 fully saturated rings. The fourth-order valence-corrected chi connectivity index (χ4v) is 2.92. The van der Waals surface area contributed by atoms with Crippen LogP contribution in [0.1, 0.15) is 40.7 Å². The number of hydrogen-bond donors (Lipinski definition) is 2. The van der Waals surface area contributed by atoms with E-state index in [1.807, 2.05) is 13.8 Å². The lowest BCUT2D eigenvalue weighted by molar-refractivity contribution is 0.0959. The molecule has 1 heterocycles. The number of carbonyl (C=O) groups excluding carboxylic acids is 2. The number of nitrogens with one attached hydrogen (secondary N) is 2. The van der Waals surface area contributed by atoms with Crippen LogP contribution in [-0.4, -0.2) is 28.1 Å². The zero-order valence-corrected chi connectivity index (χ0v) is 16.1. The first kappa shape index (κ1) is 19.8. The van der Waals surface area contributed by atoms with Gasteiger partial charge in [0.2, 0.25) is 0 Å². The molecule has 2 amide bonds. The van der Waals surface area contributed by atoms with Crippen LogP contribution in [0.3, 0.4) is 0 Å². The number of amides is 2. The zero-order chi connectivity index (χ0) is 21.0. The highest BCUT2D eigenvalue weighted by Crippen LogP contribution is 2.19. The molecule has 3 aromatic rings. The van der Waals surface area contributed by atoms with E-state index in [4.69, 9.17) is 6.42 Å². The van der Waals surface area contributed by atoms with E-state index >= 15 is 0 Å². The third-order valence-corrected chi connectivity index (χ3v) is 4.30. The van der Waals surface area contributed by atoms with E-state index in [2.05, 4.69) is 21.7 Å². The normalized spacial score (nSPS) is 10.6. The van der Waals surface area contributed by atoms with Crippen molar-refractivity contribution in [2.45, 2.75) is 19.9 Å². The van der Waals surface area contributed by atoms with Crippen molar-refractivity contribution in [3.05, 3.63) is 70.1 Å². The lowest BCUT2D eigenvalue weighted by Gasteiger charge is -2.14. The van der Waals surface area contributed by atoms with Gasteiger partial charge in [0.1, 0.15) is 0 Å². The van der Waals surface area contributed by atoms with Crippen molar-refractivity contribution >= 4 is 28.3 Å². The fraction of sp³-hybridized carbons (Fsp3) is 0.182. The maximum atomic E-state index is 13.1. The van der Waals surface area contributed by atoms with Gasteiger partial charge < -0.3 is 10.6 Å². The van der Waals surface area contributed by atoms with Crippen LogP contribution in [0.4, 0.5) is 5.69 Å². The Morgan fingerprint density at radius 2 is 1.72 bits per heavy atom. The van der Waals surface area contributed by atoms with Gasteiger partial charge in [-0.25, -0.2) is 4.68 Å². The summed E-state index contributed by atoms with van der Waals surface area (Å²) < 4.78 is 1.28. The summed E-state index contributed by atoms with van der Waals surface area (Å²) in [5, 5.41) is 10.4. The SMILES string of the molecule is C#CCNC(=O)c1ccccc1NC(=O)c1nn(C(C)C)c(=O)c2ccccc12.